The molecule has 0 aliphatic carbocycles. The Balaban J connectivity index is 1.55. The van der Waals surface area contributed by atoms with Crippen LogP contribution in [0.25, 0.3) is 22.2 Å². The maximum Gasteiger partial charge on any atom is 0.223 e. The fraction of sp³-hybridized carbons (Fsp3) is 0.519. The number of halogens is 2. The number of ether oxygens (including phenoxy) is 1. The lowest BCUT2D eigenvalue weighted by atomic mass is 9.89. The Morgan fingerprint density at radius 1 is 1.22 bits per heavy atom. The quantitative estimate of drug-likeness (QED) is 0.523. The maximum absolute atomic E-state index is 15.1. The van der Waals surface area contributed by atoms with E-state index in [1.54, 1.807) is 0 Å². The molecule has 3 atom stereocenters. The van der Waals surface area contributed by atoms with Gasteiger partial charge in [0.2, 0.25) is 5.95 Å². The van der Waals surface area contributed by atoms with E-state index in [9.17, 15) is 9.50 Å². The lowest BCUT2D eigenvalue weighted by Crippen LogP contribution is -2.42. The number of fused-ring (bicyclic) bond motifs is 1. The molecule has 0 unspecified atom stereocenters. The van der Waals surface area contributed by atoms with Crippen LogP contribution in [0.2, 0.25) is 0 Å². The minimum Gasteiger partial charge on any atom is -0.389 e. The molecule has 0 radical (unpaired) electrons. The summed E-state index contributed by atoms with van der Waals surface area (Å²) in [6, 6.07) is 3.49. The Bertz CT molecular complexity index is 1250. The van der Waals surface area contributed by atoms with Crippen molar-refractivity contribution in [3.8, 4) is 11.3 Å². The standard InChI is InChI=1S/C27H33F2N5O2/c1-15(2)24-17(12-34-8-6-18(28)13-34)10-30-22-5-4-19(16(3)25(22)24)26-20(29)11-31-27(33-26)32-21-7-9-36-14-23(21)35/h4-5,10-11,15,18,21,23,35H,6-9,12-14H2,1-3H3,(H,31,32,33)/t18-,21-,23-/m1/s1. The van der Waals surface area contributed by atoms with Crippen molar-refractivity contribution in [1.82, 2.24) is 19.9 Å². The number of alkyl halides is 1. The number of aromatic nitrogens is 3. The second kappa shape index (κ2) is 10.3. The number of likely N-dealkylation sites (tertiary alicyclic amines) is 1. The third-order valence-corrected chi connectivity index (χ3v) is 7.24. The van der Waals surface area contributed by atoms with Gasteiger partial charge >= 0.3 is 0 Å². The van der Waals surface area contributed by atoms with Crippen LogP contribution < -0.4 is 5.32 Å². The molecule has 2 N–H and O–H groups in total. The minimum atomic E-state index is -0.778. The molecule has 4 heterocycles. The Kier molecular flexibility index (Phi) is 7.14. The molecule has 2 aliphatic heterocycles. The first kappa shape index (κ1) is 24.9. The van der Waals surface area contributed by atoms with E-state index in [-0.39, 0.29) is 30.2 Å². The summed E-state index contributed by atoms with van der Waals surface area (Å²) >= 11 is 0. The number of hydrogen-bond donors (Lipinski definition) is 2. The van der Waals surface area contributed by atoms with Crippen molar-refractivity contribution < 1.29 is 18.6 Å². The van der Waals surface area contributed by atoms with E-state index < -0.39 is 18.1 Å². The summed E-state index contributed by atoms with van der Waals surface area (Å²) in [5.41, 5.74) is 4.83. The number of nitrogens with one attached hydrogen (secondary N) is 1. The molecule has 0 bridgehead atoms. The average molecular weight is 498 g/mol. The van der Waals surface area contributed by atoms with Crippen LogP contribution in [-0.2, 0) is 11.3 Å². The lowest BCUT2D eigenvalue weighted by molar-refractivity contribution is -0.0136. The van der Waals surface area contributed by atoms with Gasteiger partial charge in [0.05, 0.1) is 30.5 Å². The first-order valence-electron chi connectivity index (χ1n) is 12.6. The number of hydrogen-bond acceptors (Lipinski definition) is 7. The second-order valence-electron chi connectivity index (χ2n) is 10.2. The third-order valence-electron chi connectivity index (χ3n) is 7.24. The second-order valence-corrected chi connectivity index (χ2v) is 10.2. The van der Waals surface area contributed by atoms with Gasteiger partial charge in [-0.1, -0.05) is 19.9 Å². The highest BCUT2D eigenvalue weighted by Gasteiger charge is 2.26. The van der Waals surface area contributed by atoms with Crippen molar-refractivity contribution in [1.29, 1.82) is 0 Å². The van der Waals surface area contributed by atoms with Crippen LogP contribution in [0.15, 0.2) is 24.5 Å². The summed E-state index contributed by atoms with van der Waals surface area (Å²) in [4.78, 5) is 15.5. The zero-order chi connectivity index (χ0) is 25.4. The SMILES string of the molecule is Cc1c(-c2nc(N[C@@H]3CCOC[C@H]3O)ncc2F)ccc2ncc(CN3CC[C@@H](F)C3)c(C(C)C)c12. The molecular formula is C27H33F2N5O2. The third kappa shape index (κ3) is 4.92. The van der Waals surface area contributed by atoms with Gasteiger partial charge in [0, 0.05) is 43.4 Å². The molecular weight excluding hydrogens is 464 g/mol. The molecule has 2 aliphatic rings. The molecule has 2 fully saturated rings. The Morgan fingerprint density at radius 3 is 2.78 bits per heavy atom. The maximum atomic E-state index is 15.1. The van der Waals surface area contributed by atoms with Crippen molar-refractivity contribution >= 4 is 16.9 Å². The molecule has 192 valence electrons. The van der Waals surface area contributed by atoms with Gasteiger partial charge in [-0.3, -0.25) is 9.88 Å². The van der Waals surface area contributed by atoms with Gasteiger partial charge in [-0.05, 0) is 48.4 Å². The summed E-state index contributed by atoms with van der Waals surface area (Å²) in [5, 5.41) is 14.3. The number of rotatable bonds is 6. The van der Waals surface area contributed by atoms with E-state index in [1.807, 2.05) is 25.3 Å². The predicted octanol–water partition coefficient (Wildman–Crippen LogP) is 4.37. The van der Waals surface area contributed by atoms with Crippen LogP contribution in [0.4, 0.5) is 14.7 Å². The van der Waals surface area contributed by atoms with Crippen molar-refractivity contribution in [2.45, 2.75) is 64.4 Å². The smallest absolute Gasteiger partial charge is 0.223 e. The number of aliphatic hydroxyl groups is 1. The fourth-order valence-electron chi connectivity index (χ4n) is 5.42. The zero-order valence-corrected chi connectivity index (χ0v) is 21.0. The van der Waals surface area contributed by atoms with E-state index in [0.717, 1.165) is 34.1 Å². The van der Waals surface area contributed by atoms with Gasteiger partial charge in [-0.25, -0.2) is 18.7 Å². The molecule has 1 aromatic carbocycles. The van der Waals surface area contributed by atoms with Gasteiger partial charge < -0.3 is 15.2 Å². The molecule has 0 amide bonds. The van der Waals surface area contributed by atoms with Crippen LogP contribution in [0.5, 0.6) is 0 Å². The van der Waals surface area contributed by atoms with Crippen molar-refractivity contribution in [2.75, 3.05) is 31.6 Å². The first-order chi connectivity index (χ1) is 17.3. The average Bonchev–Trinajstić information content (AvgIpc) is 3.26. The van der Waals surface area contributed by atoms with Crippen molar-refractivity contribution in [3.05, 3.63) is 47.0 Å². The fourth-order valence-corrected chi connectivity index (χ4v) is 5.42. The van der Waals surface area contributed by atoms with E-state index in [2.05, 4.69) is 34.0 Å². The van der Waals surface area contributed by atoms with Crippen LogP contribution in [0.1, 0.15) is 49.3 Å². The van der Waals surface area contributed by atoms with Gasteiger partial charge in [-0.2, -0.15) is 0 Å². The highest BCUT2D eigenvalue weighted by Crippen LogP contribution is 2.36. The number of benzene rings is 1. The van der Waals surface area contributed by atoms with Crippen LogP contribution in [0.3, 0.4) is 0 Å². The van der Waals surface area contributed by atoms with Gasteiger partial charge in [0.25, 0.3) is 0 Å². The number of aryl methyl sites for hydroxylation is 1. The first-order valence-corrected chi connectivity index (χ1v) is 12.6. The van der Waals surface area contributed by atoms with Gasteiger partial charge in [0.1, 0.15) is 11.9 Å². The molecule has 0 saturated carbocycles. The normalized spacial score (nSPS) is 23.0. The number of pyridine rings is 1. The summed E-state index contributed by atoms with van der Waals surface area (Å²) < 4.78 is 34.1. The topological polar surface area (TPSA) is 83.4 Å². The highest BCUT2D eigenvalue weighted by atomic mass is 19.1. The van der Waals surface area contributed by atoms with Crippen LogP contribution in [-0.4, -0.2) is 69.6 Å². The molecule has 7 nitrogen and oxygen atoms in total. The Morgan fingerprint density at radius 2 is 2.06 bits per heavy atom. The van der Waals surface area contributed by atoms with E-state index in [4.69, 9.17) is 9.72 Å². The van der Waals surface area contributed by atoms with Gasteiger partial charge in [-0.15, -0.1) is 0 Å². The summed E-state index contributed by atoms with van der Waals surface area (Å²) in [6.45, 7) is 8.84. The van der Waals surface area contributed by atoms with E-state index in [0.29, 0.717) is 38.1 Å². The molecule has 3 aromatic rings. The number of aliphatic hydroxyl groups excluding tert-OH is 1. The van der Waals surface area contributed by atoms with Crippen molar-refractivity contribution in [3.63, 3.8) is 0 Å². The van der Waals surface area contributed by atoms with Crippen LogP contribution in [0, 0.1) is 12.7 Å². The van der Waals surface area contributed by atoms with E-state index >= 15 is 4.39 Å². The predicted molar refractivity (Wildman–Crippen MR) is 135 cm³/mol. The molecule has 2 saturated heterocycles. The van der Waals surface area contributed by atoms with E-state index in [1.165, 1.54) is 6.20 Å². The molecule has 0 spiro atoms. The summed E-state index contributed by atoms with van der Waals surface area (Å²) in [6.07, 6.45) is 2.78. The largest absolute Gasteiger partial charge is 0.389 e. The van der Waals surface area contributed by atoms with Gasteiger partial charge in [0.15, 0.2) is 5.82 Å². The lowest BCUT2D eigenvalue weighted by Gasteiger charge is -2.28. The summed E-state index contributed by atoms with van der Waals surface area (Å²) in [7, 11) is 0. The monoisotopic (exact) mass is 497 g/mol. The molecule has 36 heavy (non-hydrogen) atoms. The zero-order valence-electron chi connectivity index (χ0n) is 21.0. The summed E-state index contributed by atoms with van der Waals surface area (Å²) in [5.74, 6) is -0.0508. The number of nitrogens with zero attached hydrogens (tertiary/aromatic N) is 4. The Hall–Kier alpha value is -2.75. The molecule has 9 heteroatoms. The minimum absolute atomic E-state index is 0.200. The number of anilines is 1. The molecule has 5 rings (SSSR count). The highest BCUT2D eigenvalue weighted by molar-refractivity contribution is 5.92. The van der Waals surface area contributed by atoms with Crippen molar-refractivity contribution in [2.24, 2.45) is 0 Å². The molecule has 2 aromatic heterocycles. The Labute approximate surface area is 209 Å². The van der Waals surface area contributed by atoms with Crippen LogP contribution >= 0.6 is 0 Å².